The Bertz CT molecular complexity index is 1310. The number of carbonyl (C=O) groups is 3. The zero-order valence-corrected chi connectivity index (χ0v) is 18.8. The van der Waals surface area contributed by atoms with Crippen LogP contribution in [0.15, 0.2) is 55.1 Å². The first-order valence-corrected chi connectivity index (χ1v) is 10.9. The molecule has 34 heavy (non-hydrogen) atoms. The molecule has 3 aromatic heterocycles. The fourth-order valence-corrected chi connectivity index (χ4v) is 3.99. The van der Waals surface area contributed by atoms with Crippen molar-refractivity contribution in [2.75, 3.05) is 16.8 Å². The first-order valence-electron chi connectivity index (χ1n) is 10.9. The summed E-state index contributed by atoms with van der Waals surface area (Å²) in [5, 5.41) is 2.55. The van der Waals surface area contributed by atoms with Gasteiger partial charge in [-0.25, -0.2) is 19.7 Å². The van der Waals surface area contributed by atoms with Crippen molar-refractivity contribution in [3.8, 4) is 0 Å². The molecule has 3 aromatic rings. The molecular formula is C24H23N6O4+. The molecule has 1 saturated carbocycles. The van der Waals surface area contributed by atoms with Crippen LogP contribution < -0.4 is 19.7 Å². The number of imide groups is 1. The average molecular weight is 459 g/mol. The van der Waals surface area contributed by atoms with Crippen LogP contribution in [0.25, 0.3) is 0 Å². The number of aryl methyl sites for hydroxylation is 1. The fraction of sp³-hybridized carbons (Fsp3) is 0.250. The molecule has 2 aliphatic rings. The quantitative estimate of drug-likeness (QED) is 0.597. The van der Waals surface area contributed by atoms with Crippen LogP contribution in [-0.4, -0.2) is 41.0 Å². The van der Waals surface area contributed by atoms with E-state index >= 15 is 0 Å². The molecule has 1 fully saturated rings. The average Bonchev–Trinajstić information content (AvgIpc) is 3.70. The molecule has 0 atom stereocenters. The van der Waals surface area contributed by atoms with Gasteiger partial charge in [-0.15, -0.1) is 0 Å². The zero-order valence-electron chi connectivity index (χ0n) is 18.8. The van der Waals surface area contributed by atoms with Crippen LogP contribution in [0.4, 0.5) is 22.1 Å². The maximum absolute atomic E-state index is 13.6. The van der Waals surface area contributed by atoms with Crippen LogP contribution in [0, 0.1) is 6.92 Å². The van der Waals surface area contributed by atoms with Crippen molar-refractivity contribution in [1.82, 2.24) is 15.3 Å². The number of fused-ring (bicyclic) bond motifs is 2. The number of rotatable bonds is 4. The second-order valence-corrected chi connectivity index (χ2v) is 8.14. The third-order valence-corrected chi connectivity index (χ3v) is 5.79. The van der Waals surface area contributed by atoms with Gasteiger partial charge in [0.2, 0.25) is 0 Å². The molecule has 1 N–H and O–H groups in total. The molecule has 0 bridgehead atoms. The van der Waals surface area contributed by atoms with Crippen LogP contribution in [0.2, 0.25) is 0 Å². The molecule has 10 nitrogen and oxygen atoms in total. The molecule has 0 spiro atoms. The van der Waals surface area contributed by atoms with Crippen molar-refractivity contribution in [2.24, 2.45) is 0 Å². The topological polar surface area (TPSA) is 109 Å². The molecule has 172 valence electrons. The first-order chi connectivity index (χ1) is 16.5. The van der Waals surface area contributed by atoms with E-state index in [0.717, 1.165) is 17.7 Å². The normalized spacial score (nSPS) is 14.7. The van der Waals surface area contributed by atoms with Gasteiger partial charge >= 0.3 is 6.09 Å². The highest BCUT2D eigenvalue weighted by atomic mass is 16.6. The van der Waals surface area contributed by atoms with Crippen LogP contribution in [-0.2, 0) is 11.5 Å². The summed E-state index contributed by atoms with van der Waals surface area (Å²) >= 11 is 0. The Labute approximate surface area is 195 Å². The molecule has 10 heteroatoms. The molecule has 1 aliphatic carbocycles. The number of amides is 3. The first kappa shape index (κ1) is 21.5. The van der Waals surface area contributed by atoms with Gasteiger partial charge in [0.1, 0.15) is 17.1 Å². The van der Waals surface area contributed by atoms with Gasteiger partial charge in [-0.2, -0.15) is 4.57 Å². The van der Waals surface area contributed by atoms with Crippen molar-refractivity contribution in [3.63, 3.8) is 0 Å². The predicted octanol–water partition coefficient (Wildman–Crippen LogP) is 2.49. The van der Waals surface area contributed by atoms with Crippen LogP contribution in [0.3, 0.4) is 0 Å². The Balaban J connectivity index is 1.52. The highest BCUT2D eigenvalue weighted by molar-refractivity contribution is 6.24. The Kier molecular flexibility index (Phi) is 5.40. The van der Waals surface area contributed by atoms with Gasteiger partial charge in [0, 0.05) is 31.5 Å². The second-order valence-electron chi connectivity index (χ2n) is 8.14. The van der Waals surface area contributed by atoms with E-state index < -0.39 is 12.0 Å². The van der Waals surface area contributed by atoms with Crippen molar-refractivity contribution in [2.45, 2.75) is 32.5 Å². The fourth-order valence-electron chi connectivity index (χ4n) is 3.99. The maximum atomic E-state index is 13.6. The van der Waals surface area contributed by atoms with Gasteiger partial charge in [0.15, 0.2) is 18.2 Å². The third-order valence-electron chi connectivity index (χ3n) is 5.79. The van der Waals surface area contributed by atoms with Crippen LogP contribution in [0.1, 0.15) is 39.1 Å². The largest absolute Gasteiger partial charge is 0.426 e. The molecule has 0 saturated heterocycles. The molecule has 0 unspecified atom stereocenters. The Morgan fingerprint density at radius 1 is 1.15 bits per heavy atom. The summed E-state index contributed by atoms with van der Waals surface area (Å²) in [6, 6.07) is 8.56. The summed E-state index contributed by atoms with van der Waals surface area (Å²) in [7, 11) is 1.54. The van der Waals surface area contributed by atoms with Gasteiger partial charge < -0.3 is 15.0 Å². The van der Waals surface area contributed by atoms with Crippen molar-refractivity contribution >= 4 is 35.2 Å². The Morgan fingerprint density at radius 2 is 1.94 bits per heavy atom. The Morgan fingerprint density at radius 3 is 2.71 bits per heavy atom. The minimum atomic E-state index is -0.840. The number of aromatic nitrogens is 3. The maximum Gasteiger partial charge on any atom is 0.426 e. The summed E-state index contributed by atoms with van der Waals surface area (Å²) in [4.78, 5) is 50.9. The number of hydrogen-bond acceptors (Lipinski definition) is 7. The minimum Gasteiger partial charge on any atom is -0.388 e. The SMILES string of the molecule is CNC(=O)c1ccc[n+](COC(=O)N2C(=O)c3cccnc3N(C3CC3)c3nccc(C)c32)c1. The Hall–Kier alpha value is -4.34. The highest BCUT2D eigenvalue weighted by Crippen LogP contribution is 2.45. The summed E-state index contributed by atoms with van der Waals surface area (Å²) in [5.41, 5.74) is 1.81. The monoisotopic (exact) mass is 459 g/mol. The summed E-state index contributed by atoms with van der Waals surface area (Å²) in [5.74, 6) is 0.192. The van der Waals surface area contributed by atoms with E-state index in [-0.39, 0.29) is 18.7 Å². The molecule has 3 amide bonds. The van der Waals surface area contributed by atoms with Gasteiger partial charge in [-0.05, 0) is 49.6 Å². The predicted molar refractivity (Wildman–Crippen MR) is 122 cm³/mol. The standard InChI is InChI=1S/C24H22N6O4/c1-15-9-11-27-21-19(15)30(23(32)18-6-3-10-26-20(18)29(21)17-7-8-17)24(33)34-14-28-12-4-5-16(13-28)22(31)25-2/h3-6,9-13,17H,7-8,14H2,1-2H3/p+1. The summed E-state index contributed by atoms with van der Waals surface area (Å²) in [6.45, 7) is 1.64. The number of ether oxygens (including phenoxy) is 1. The van der Waals surface area contributed by atoms with E-state index in [1.165, 1.54) is 7.05 Å². The summed E-state index contributed by atoms with van der Waals surface area (Å²) < 4.78 is 7.08. The lowest BCUT2D eigenvalue weighted by molar-refractivity contribution is -0.727. The number of hydrogen-bond donors (Lipinski definition) is 1. The number of carbonyl (C=O) groups excluding carboxylic acids is 3. The van der Waals surface area contributed by atoms with Gasteiger partial charge in [0.25, 0.3) is 18.5 Å². The van der Waals surface area contributed by atoms with Crippen LogP contribution in [0.5, 0.6) is 0 Å². The number of nitrogens with zero attached hydrogens (tertiary/aromatic N) is 5. The lowest BCUT2D eigenvalue weighted by Gasteiger charge is -2.25. The van der Waals surface area contributed by atoms with E-state index in [1.54, 1.807) is 59.7 Å². The third kappa shape index (κ3) is 3.72. The zero-order chi connectivity index (χ0) is 23.8. The van der Waals surface area contributed by atoms with Crippen molar-refractivity contribution < 1.29 is 23.7 Å². The molecule has 5 rings (SSSR count). The number of nitrogens with one attached hydrogen (secondary N) is 1. The van der Waals surface area contributed by atoms with Crippen LogP contribution >= 0.6 is 0 Å². The van der Waals surface area contributed by atoms with Gasteiger partial charge in [0.05, 0.1) is 5.56 Å². The molecule has 1 aliphatic heterocycles. The molecule has 0 aromatic carbocycles. The number of anilines is 3. The lowest BCUT2D eigenvalue weighted by atomic mass is 10.2. The second kappa shape index (κ2) is 8.54. The van der Waals surface area contributed by atoms with E-state index in [4.69, 9.17) is 4.74 Å². The van der Waals surface area contributed by atoms with E-state index in [0.29, 0.717) is 34.0 Å². The van der Waals surface area contributed by atoms with Gasteiger partial charge in [-0.1, -0.05) is 0 Å². The van der Waals surface area contributed by atoms with Gasteiger partial charge in [-0.3, -0.25) is 9.59 Å². The smallest absolute Gasteiger partial charge is 0.388 e. The molecular weight excluding hydrogens is 436 g/mol. The number of pyridine rings is 3. The minimum absolute atomic E-state index is 0.161. The van der Waals surface area contributed by atoms with E-state index in [1.807, 2.05) is 11.8 Å². The van der Waals surface area contributed by atoms with Crippen molar-refractivity contribution in [1.29, 1.82) is 0 Å². The van der Waals surface area contributed by atoms with Crippen molar-refractivity contribution in [3.05, 3.63) is 71.8 Å². The van der Waals surface area contributed by atoms with E-state index in [2.05, 4.69) is 15.3 Å². The highest BCUT2D eigenvalue weighted by Gasteiger charge is 2.43. The molecule has 4 heterocycles. The lowest BCUT2D eigenvalue weighted by Crippen LogP contribution is -2.42. The molecule has 0 radical (unpaired) electrons. The summed E-state index contributed by atoms with van der Waals surface area (Å²) in [6.07, 6.45) is 7.56. The van der Waals surface area contributed by atoms with E-state index in [9.17, 15) is 14.4 Å².